The summed E-state index contributed by atoms with van der Waals surface area (Å²) in [6.07, 6.45) is 3.45. The lowest BCUT2D eigenvalue weighted by molar-refractivity contribution is -0.119. The maximum Gasteiger partial charge on any atom is 0.325 e. The number of H-pyrrole nitrogens is 1. The van der Waals surface area contributed by atoms with Gasteiger partial charge in [0.25, 0.3) is 11.8 Å². The molecule has 0 bridgehead atoms. The molecule has 0 saturated carbocycles. The zero-order chi connectivity index (χ0) is 33.8. The van der Waals surface area contributed by atoms with Crippen LogP contribution < -0.4 is 21.3 Å². The fourth-order valence-corrected chi connectivity index (χ4v) is 6.13. The third kappa shape index (κ3) is 7.26. The number of imidazole rings is 1. The van der Waals surface area contributed by atoms with E-state index < -0.39 is 23.6 Å². The molecular weight excluding hydrogens is 620 g/mol. The number of amides is 5. The molecule has 5 N–H and O–H groups in total. The summed E-state index contributed by atoms with van der Waals surface area (Å²) in [6.45, 7) is 5.27. The molecule has 0 radical (unpaired) electrons. The second-order valence-electron chi connectivity index (χ2n) is 11.9. The first-order chi connectivity index (χ1) is 23.2. The van der Waals surface area contributed by atoms with Crippen LogP contribution in [-0.4, -0.2) is 64.8 Å². The van der Waals surface area contributed by atoms with Crippen molar-refractivity contribution in [3.8, 4) is 22.5 Å². The van der Waals surface area contributed by atoms with Crippen LogP contribution in [0.2, 0.25) is 0 Å². The maximum atomic E-state index is 15.5. The molecule has 48 heavy (non-hydrogen) atoms. The van der Waals surface area contributed by atoms with Gasteiger partial charge in [0, 0.05) is 42.1 Å². The highest BCUT2D eigenvalue weighted by molar-refractivity contribution is 6.06. The molecule has 0 aliphatic carbocycles. The van der Waals surface area contributed by atoms with Crippen molar-refractivity contribution in [3.63, 3.8) is 0 Å². The number of piperidine rings is 1. The van der Waals surface area contributed by atoms with Gasteiger partial charge in [-0.05, 0) is 85.9 Å². The molecule has 0 atom stereocenters. The number of nitrogens with zero attached hydrogens (tertiary/aromatic N) is 2. The Labute approximate surface area is 275 Å². The molecule has 2 aliphatic heterocycles. The number of anilines is 1. The van der Waals surface area contributed by atoms with Crippen LogP contribution >= 0.6 is 0 Å². The fraction of sp³-hybridized carbons (Fsp3) is 0.286. The average Bonchev–Trinajstić information content (AvgIpc) is 3.65. The van der Waals surface area contributed by atoms with E-state index in [0.29, 0.717) is 45.9 Å². The second-order valence-corrected chi connectivity index (χ2v) is 11.9. The molecule has 3 heterocycles. The van der Waals surface area contributed by atoms with Crippen molar-refractivity contribution in [1.29, 1.82) is 0 Å². The first-order valence-electron chi connectivity index (χ1n) is 15.8. The number of likely N-dealkylation sites (tertiary alicyclic amines) is 1. The van der Waals surface area contributed by atoms with Crippen LogP contribution in [0, 0.1) is 18.6 Å². The summed E-state index contributed by atoms with van der Waals surface area (Å²) >= 11 is 0. The van der Waals surface area contributed by atoms with Crippen LogP contribution in [0.1, 0.15) is 56.9 Å². The number of rotatable bonds is 9. The lowest BCUT2D eigenvalue weighted by atomic mass is 9.92. The summed E-state index contributed by atoms with van der Waals surface area (Å²) in [7, 11) is 0. The van der Waals surface area contributed by atoms with Crippen molar-refractivity contribution in [3.05, 3.63) is 94.3 Å². The van der Waals surface area contributed by atoms with Gasteiger partial charge in [-0.15, -0.1) is 0 Å². The molecule has 2 aliphatic rings. The number of fused-ring (bicyclic) bond motifs is 1. The normalized spacial score (nSPS) is 14.3. The van der Waals surface area contributed by atoms with E-state index in [1.165, 1.54) is 55.7 Å². The van der Waals surface area contributed by atoms with E-state index in [9.17, 15) is 23.6 Å². The molecular formula is C35H35F2N7O4. The first-order valence-corrected chi connectivity index (χ1v) is 15.8. The van der Waals surface area contributed by atoms with Crippen LogP contribution in [0.5, 0.6) is 0 Å². The van der Waals surface area contributed by atoms with E-state index in [1.54, 1.807) is 19.1 Å². The molecule has 0 spiro atoms. The molecule has 1 aromatic heterocycles. The van der Waals surface area contributed by atoms with Gasteiger partial charge in [-0.2, -0.15) is 0 Å². The molecule has 6 rings (SSSR count). The number of halogens is 2. The lowest BCUT2D eigenvalue weighted by Crippen LogP contribution is -2.37. The minimum absolute atomic E-state index is 0.110. The SMILES string of the molecule is Cc1[nH]c(-c2ccc(-c3ccc(NC(=O)NC(=O)Cc4ccc(F)cc4)cc3F)c3c2C(=O)NC3)nc1C(=O)NCCN1CCCCC1. The number of nitrogens with one attached hydrogen (secondary N) is 5. The zero-order valence-corrected chi connectivity index (χ0v) is 26.3. The van der Waals surface area contributed by atoms with Crippen molar-refractivity contribution < 1.29 is 28.0 Å². The number of hydrogen-bond donors (Lipinski definition) is 5. The third-order valence-corrected chi connectivity index (χ3v) is 8.53. The van der Waals surface area contributed by atoms with Gasteiger partial charge in [-0.3, -0.25) is 19.7 Å². The zero-order valence-electron chi connectivity index (χ0n) is 26.3. The van der Waals surface area contributed by atoms with E-state index in [-0.39, 0.29) is 41.7 Å². The monoisotopic (exact) mass is 655 g/mol. The summed E-state index contributed by atoms with van der Waals surface area (Å²) in [5.74, 6) is -2.00. The minimum atomic E-state index is -0.849. The molecule has 4 aromatic rings. The number of hydrogen-bond acceptors (Lipinski definition) is 6. The molecule has 1 saturated heterocycles. The number of urea groups is 1. The quantitative estimate of drug-likeness (QED) is 0.177. The second kappa shape index (κ2) is 14.1. The number of benzene rings is 3. The highest BCUT2D eigenvalue weighted by atomic mass is 19.1. The van der Waals surface area contributed by atoms with E-state index in [4.69, 9.17) is 0 Å². The van der Waals surface area contributed by atoms with Gasteiger partial charge in [0.2, 0.25) is 5.91 Å². The highest BCUT2D eigenvalue weighted by Crippen LogP contribution is 2.37. The molecule has 3 aromatic carbocycles. The lowest BCUT2D eigenvalue weighted by Gasteiger charge is -2.26. The van der Waals surface area contributed by atoms with E-state index in [1.807, 2.05) is 0 Å². The van der Waals surface area contributed by atoms with Crippen molar-refractivity contribution in [2.45, 2.75) is 39.2 Å². The number of carbonyl (C=O) groups excluding carboxylic acids is 4. The number of aryl methyl sites for hydroxylation is 1. The number of imide groups is 1. The molecule has 13 heteroatoms. The summed E-state index contributed by atoms with van der Waals surface area (Å²) < 4.78 is 28.6. The fourth-order valence-electron chi connectivity index (χ4n) is 6.13. The highest BCUT2D eigenvalue weighted by Gasteiger charge is 2.29. The van der Waals surface area contributed by atoms with Crippen LogP contribution in [-0.2, 0) is 17.8 Å². The molecule has 248 valence electrons. The summed E-state index contributed by atoms with van der Waals surface area (Å²) in [5.41, 5.74) is 3.52. The Morgan fingerprint density at radius 2 is 1.67 bits per heavy atom. The number of aromatic nitrogens is 2. The predicted molar refractivity (Wildman–Crippen MR) is 175 cm³/mol. The van der Waals surface area contributed by atoms with Gasteiger partial charge in [0.1, 0.15) is 23.2 Å². The smallest absolute Gasteiger partial charge is 0.325 e. The third-order valence-electron chi connectivity index (χ3n) is 8.53. The standard InChI is InChI=1S/C35H35F2N7O4/c1-20-31(34(47)38-13-16-44-14-3-2-4-15-44)43-32(40-20)26-12-11-24(27-19-39-33(46)30(26)27)25-10-9-23(18-28(25)37)41-35(48)42-29(45)17-21-5-7-22(36)8-6-21/h5-12,18H,2-4,13-17,19H2,1H3,(H,38,47)(H,39,46)(H,40,43)(H2,41,42,45,48). The Bertz CT molecular complexity index is 1880. The van der Waals surface area contributed by atoms with Gasteiger partial charge >= 0.3 is 6.03 Å². The van der Waals surface area contributed by atoms with Gasteiger partial charge in [0.15, 0.2) is 0 Å². The van der Waals surface area contributed by atoms with Crippen molar-refractivity contribution in [2.24, 2.45) is 0 Å². The predicted octanol–water partition coefficient (Wildman–Crippen LogP) is 4.68. The Balaban J connectivity index is 1.15. The van der Waals surface area contributed by atoms with Crippen molar-refractivity contribution in [2.75, 3.05) is 31.5 Å². The van der Waals surface area contributed by atoms with Crippen molar-refractivity contribution in [1.82, 2.24) is 30.8 Å². The Kier molecular flexibility index (Phi) is 9.57. The number of carbonyl (C=O) groups is 4. The summed E-state index contributed by atoms with van der Waals surface area (Å²) in [5, 5.41) is 10.4. The molecule has 5 amide bonds. The molecule has 0 unspecified atom stereocenters. The van der Waals surface area contributed by atoms with Gasteiger partial charge in [0.05, 0.1) is 12.0 Å². The molecule has 11 nitrogen and oxygen atoms in total. The van der Waals surface area contributed by atoms with Gasteiger partial charge in [-0.1, -0.05) is 24.6 Å². The van der Waals surface area contributed by atoms with Crippen LogP contribution in [0.15, 0.2) is 54.6 Å². The van der Waals surface area contributed by atoms with E-state index in [0.717, 1.165) is 25.7 Å². The van der Waals surface area contributed by atoms with Crippen molar-refractivity contribution >= 4 is 29.4 Å². The minimum Gasteiger partial charge on any atom is -0.349 e. The Hall–Kier alpha value is -5.43. The Morgan fingerprint density at radius 3 is 2.42 bits per heavy atom. The van der Waals surface area contributed by atoms with Crippen LogP contribution in [0.25, 0.3) is 22.5 Å². The van der Waals surface area contributed by atoms with Crippen LogP contribution in [0.3, 0.4) is 0 Å². The van der Waals surface area contributed by atoms with E-state index in [2.05, 4.69) is 36.1 Å². The average molecular weight is 656 g/mol. The molecule has 1 fully saturated rings. The van der Waals surface area contributed by atoms with Gasteiger partial charge < -0.3 is 25.8 Å². The summed E-state index contributed by atoms with van der Waals surface area (Å²) in [6, 6.07) is 11.9. The largest absolute Gasteiger partial charge is 0.349 e. The topological polar surface area (TPSA) is 148 Å². The van der Waals surface area contributed by atoms with E-state index >= 15 is 4.39 Å². The van der Waals surface area contributed by atoms with Gasteiger partial charge in [-0.25, -0.2) is 18.6 Å². The van der Waals surface area contributed by atoms with Crippen LogP contribution in [0.4, 0.5) is 19.3 Å². The summed E-state index contributed by atoms with van der Waals surface area (Å²) in [4.78, 5) is 60.6. The number of aromatic amines is 1. The Morgan fingerprint density at radius 1 is 0.938 bits per heavy atom. The first kappa shape index (κ1) is 32.5. The maximum absolute atomic E-state index is 15.5.